The molecule has 1 aliphatic heterocycles. The lowest BCUT2D eigenvalue weighted by molar-refractivity contribution is 0.173. The Labute approximate surface area is 109 Å². The van der Waals surface area contributed by atoms with Gasteiger partial charge in [-0.05, 0) is 31.7 Å². The summed E-state index contributed by atoms with van der Waals surface area (Å²) in [6, 6.07) is 6.60. The monoisotopic (exact) mass is 249 g/mol. The molecule has 0 bridgehead atoms. The van der Waals surface area contributed by atoms with Crippen molar-refractivity contribution in [1.82, 2.24) is 5.32 Å². The van der Waals surface area contributed by atoms with Crippen LogP contribution in [0, 0.1) is 5.92 Å². The molecule has 0 aromatic heterocycles. The summed E-state index contributed by atoms with van der Waals surface area (Å²) in [6.45, 7) is 7.95. The van der Waals surface area contributed by atoms with Crippen LogP contribution >= 0.6 is 0 Å². The first-order chi connectivity index (χ1) is 8.66. The van der Waals surface area contributed by atoms with Gasteiger partial charge < -0.3 is 14.8 Å². The number of fused-ring (bicyclic) bond motifs is 1. The lowest BCUT2D eigenvalue weighted by atomic mass is 10.0. The van der Waals surface area contributed by atoms with Gasteiger partial charge in [0, 0.05) is 18.2 Å². The first kappa shape index (κ1) is 13.2. The van der Waals surface area contributed by atoms with E-state index in [4.69, 9.17) is 9.47 Å². The average molecular weight is 249 g/mol. The van der Waals surface area contributed by atoms with Crippen LogP contribution in [0.25, 0.3) is 0 Å². The van der Waals surface area contributed by atoms with E-state index in [9.17, 15) is 0 Å². The summed E-state index contributed by atoms with van der Waals surface area (Å²) in [6.07, 6.45) is 2.48. The fourth-order valence-electron chi connectivity index (χ4n) is 2.10. The lowest BCUT2D eigenvalue weighted by Crippen LogP contribution is -2.25. The summed E-state index contributed by atoms with van der Waals surface area (Å²) in [5, 5.41) is 3.55. The van der Waals surface area contributed by atoms with E-state index in [1.165, 1.54) is 18.4 Å². The van der Waals surface area contributed by atoms with Crippen LogP contribution in [0.15, 0.2) is 18.2 Å². The zero-order chi connectivity index (χ0) is 13.0. The number of para-hydroxylation sites is 1. The van der Waals surface area contributed by atoms with E-state index in [2.05, 4.69) is 32.2 Å². The Bertz CT molecular complexity index is 390. The van der Waals surface area contributed by atoms with Crippen molar-refractivity contribution in [2.75, 3.05) is 6.79 Å². The molecule has 0 aliphatic carbocycles. The molecule has 0 fully saturated rings. The summed E-state index contributed by atoms with van der Waals surface area (Å²) < 4.78 is 10.9. The molecule has 0 radical (unpaired) electrons. The Kier molecular flexibility index (Phi) is 4.48. The van der Waals surface area contributed by atoms with Crippen molar-refractivity contribution in [3.05, 3.63) is 23.8 Å². The van der Waals surface area contributed by atoms with Crippen molar-refractivity contribution in [2.24, 2.45) is 5.92 Å². The fraction of sp³-hybridized carbons (Fsp3) is 0.600. The second kappa shape index (κ2) is 6.10. The Hall–Kier alpha value is -1.22. The fourth-order valence-corrected chi connectivity index (χ4v) is 2.10. The molecule has 1 aromatic carbocycles. The maximum Gasteiger partial charge on any atom is 0.231 e. The van der Waals surface area contributed by atoms with Gasteiger partial charge in [0.05, 0.1) is 0 Å². The number of hydrogen-bond acceptors (Lipinski definition) is 3. The van der Waals surface area contributed by atoms with E-state index in [1.54, 1.807) is 0 Å². The molecule has 18 heavy (non-hydrogen) atoms. The highest BCUT2D eigenvalue weighted by atomic mass is 16.7. The summed E-state index contributed by atoms with van der Waals surface area (Å²) in [5.41, 5.74) is 1.18. The van der Waals surface area contributed by atoms with Crippen LogP contribution in [0.5, 0.6) is 11.5 Å². The van der Waals surface area contributed by atoms with Crippen LogP contribution < -0.4 is 14.8 Å². The summed E-state index contributed by atoms with van der Waals surface area (Å²) in [4.78, 5) is 0. The molecule has 1 aliphatic rings. The van der Waals surface area contributed by atoms with Crippen molar-refractivity contribution in [3.8, 4) is 11.5 Å². The van der Waals surface area contributed by atoms with Gasteiger partial charge >= 0.3 is 0 Å². The normalized spacial score (nSPS) is 15.1. The van der Waals surface area contributed by atoms with E-state index in [1.807, 2.05) is 12.1 Å². The van der Waals surface area contributed by atoms with Crippen LogP contribution in [0.2, 0.25) is 0 Å². The maximum absolute atomic E-state index is 5.50. The van der Waals surface area contributed by atoms with Crippen LogP contribution in [0.1, 0.15) is 39.2 Å². The highest BCUT2D eigenvalue weighted by molar-refractivity contribution is 5.48. The Morgan fingerprint density at radius 3 is 2.78 bits per heavy atom. The molecule has 100 valence electrons. The van der Waals surface area contributed by atoms with E-state index in [0.717, 1.165) is 24.0 Å². The second-order valence-electron chi connectivity index (χ2n) is 5.40. The topological polar surface area (TPSA) is 30.5 Å². The summed E-state index contributed by atoms with van der Waals surface area (Å²) in [5.74, 6) is 2.54. The number of nitrogens with one attached hydrogen (secondary N) is 1. The minimum absolute atomic E-state index is 0.343. The first-order valence-corrected chi connectivity index (χ1v) is 6.77. The largest absolute Gasteiger partial charge is 0.454 e. The third kappa shape index (κ3) is 3.39. The highest BCUT2D eigenvalue weighted by Crippen LogP contribution is 2.35. The second-order valence-corrected chi connectivity index (χ2v) is 5.40. The quantitative estimate of drug-likeness (QED) is 0.839. The molecule has 1 N–H and O–H groups in total. The van der Waals surface area contributed by atoms with Crippen LogP contribution in [0.4, 0.5) is 0 Å². The molecule has 0 saturated heterocycles. The van der Waals surface area contributed by atoms with Crippen molar-refractivity contribution < 1.29 is 9.47 Å². The van der Waals surface area contributed by atoms with Crippen LogP contribution in [-0.2, 0) is 6.54 Å². The number of hydrogen-bond donors (Lipinski definition) is 1. The van der Waals surface area contributed by atoms with Gasteiger partial charge in [-0.2, -0.15) is 0 Å². The molecule has 2 rings (SSSR count). The van der Waals surface area contributed by atoms with Gasteiger partial charge in [0.25, 0.3) is 0 Å². The standard InChI is InChI=1S/C15H23NO2/c1-11(2)7-8-12(3)16-9-13-5-4-6-14-15(13)18-10-17-14/h4-6,11-12,16H,7-10H2,1-3H3. The molecule has 3 heteroatoms. The molecule has 1 atom stereocenters. The van der Waals surface area contributed by atoms with Crippen LogP contribution in [-0.4, -0.2) is 12.8 Å². The lowest BCUT2D eigenvalue weighted by Gasteiger charge is -2.15. The molecule has 1 aromatic rings. The number of rotatable bonds is 6. The minimum atomic E-state index is 0.343. The molecule has 0 spiro atoms. The summed E-state index contributed by atoms with van der Waals surface area (Å²) in [7, 11) is 0. The van der Waals surface area contributed by atoms with Gasteiger partial charge in [0.1, 0.15) is 0 Å². The van der Waals surface area contributed by atoms with Gasteiger partial charge in [-0.15, -0.1) is 0 Å². The average Bonchev–Trinajstić information content (AvgIpc) is 2.82. The maximum atomic E-state index is 5.50. The first-order valence-electron chi connectivity index (χ1n) is 6.77. The Morgan fingerprint density at radius 2 is 2.00 bits per heavy atom. The van der Waals surface area contributed by atoms with Crippen molar-refractivity contribution in [1.29, 1.82) is 0 Å². The van der Waals surface area contributed by atoms with Gasteiger partial charge in [-0.25, -0.2) is 0 Å². The predicted molar refractivity (Wildman–Crippen MR) is 72.9 cm³/mol. The molecular formula is C15H23NO2. The molecule has 3 nitrogen and oxygen atoms in total. The predicted octanol–water partition coefficient (Wildman–Crippen LogP) is 3.33. The van der Waals surface area contributed by atoms with E-state index in [0.29, 0.717) is 12.8 Å². The molecule has 1 unspecified atom stereocenters. The zero-order valence-corrected chi connectivity index (χ0v) is 11.5. The third-order valence-electron chi connectivity index (χ3n) is 3.30. The van der Waals surface area contributed by atoms with Crippen molar-refractivity contribution >= 4 is 0 Å². The highest BCUT2D eigenvalue weighted by Gasteiger charge is 2.17. The van der Waals surface area contributed by atoms with Gasteiger partial charge in [-0.1, -0.05) is 26.0 Å². The SMILES string of the molecule is CC(C)CCC(C)NCc1cccc2c1OCO2. The molecule has 0 amide bonds. The molecule has 0 saturated carbocycles. The number of ether oxygens (including phenoxy) is 2. The molecular weight excluding hydrogens is 226 g/mol. The minimum Gasteiger partial charge on any atom is -0.454 e. The van der Waals surface area contributed by atoms with Gasteiger partial charge in [0.2, 0.25) is 6.79 Å². The van der Waals surface area contributed by atoms with E-state index >= 15 is 0 Å². The number of benzene rings is 1. The molecule has 1 heterocycles. The zero-order valence-electron chi connectivity index (χ0n) is 11.5. The van der Waals surface area contributed by atoms with Crippen molar-refractivity contribution in [2.45, 2.75) is 46.2 Å². The van der Waals surface area contributed by atoms with Gasteiger partial charge in [-0.3, -0.25) is 0 Å². The Balaban J connectivity index is 1.85. The van der Waals surface area contributed by atoms with Crippen molar-refractivity contribution in [3.63, 3.8) is 0 Å². The van der Waals surface area contributed by atoms with Crippen LogP contribution in [0.3, 0.4) is 0 Å². The smallest absolute Gasteiger partial charge is 0.231 e. The van der Waals surface area contributed by atoms with Gasteiger partial charge in [0.15, 0.2) is 11.5 Å². The van der Waals surface area contributed by atoms with E-state index < -0.39 is 0 Å². The Morgan fingerprint density at radius 1 is 1.17 bits per heavy atom. The third-order valence-corrected chi connectivity index (χ3v) is 3.30. The van der Waals surface area contributed by atoms with E-state index in [-0.39, 0.29) is 0 Å². The summed E-state index contributed by atoms with van der Waals surface area (Å²) >= 11 is 0.